The Bertz CT molecular complexity index is 544. The van der Waals surface area contributed by atoms with Crippen LogP contribution in [0.1, 0.15) is 23.2 Å². The molecule has 1 fully saturated rings. The molecule has 20 heavy (non-hydrogen) atoms. The van der Waals surface area contributed by atoms with E-state index in [-0.39, 0.29) is 22.4 Å². The summed E-state index contributed by atoms with van der Waals surface area (Å²) in [5.41, 5.74) is 6.19. The number of benzene rings is 1. The van der Waals surface area contributed by atoms with E-state index in [4.69, 9.17) is 22.4 Å². The Hall–Kier alpha value is -1.95. The summed E-state index contributed by atoms with van der Waals surface area (Å²) in [6.07, 6.45) is 1.90. The predicted octanol–water partition coefficient (Wildman–Crippen LogP) is 1.56. The minimum atomic E-state index is -1.11. The first kappa shape index (κ1) is 14.5. The summed E-state index contributed by atoms with van der Waals surface area (Å²) in [4.78, 5) is 22.6. The van der Waals surface area contributed by atoms with Crippen LogP contribution < -0.4 is 16.4 Å². The Morgan fingerprint density at radius 2 is 2.05 bits per heavy atom. The molecular weight excluding hydrogens is 282 g/mol. The highest BCUT2D eigenvalue weighted by molar-refractivity contribution is 6.34. The summed E-state index contributed by atoms with van der Waals surface area (Å²) in [6, 6.07) is 2.83. The van der Waals surface area contributed by atoms with Crippen LogP contribution in [-0.4, -0.2) is 30.1 Å². The molecule has 5 N–H and O–H groups in total. The highest BCUT2D eigenvalue weighted by Crippen LogP contribution is 2.29. The number of nitrogen functional groups attached to an aromatic ring is 1. The van der Waals surface area contributed by atoms with Crippen molar-refractivity contribution in [3.8, 4) is 0 Å². The van der Waals surface area contributed by atoms with Crippen LogP contribution in [0.15, 0.2) is 12.1 Å². The van der Waals surface area contributed by atoms with Crippen molar-refractivity contribution in [2.75, 3.05) is 24.1 Å². The Labute approximate surface area is 121 Å². The molecule has 0 saturated heterocycles. The molecule has 0 heterocycles. The molecule has 1 aliphatic carbocycles. The number of carbonyl (C=O) groups is 2. The third-order valence-corrected chi connectivity index (χ3v) is 3.32. The van der Waals surface area contributed by atoms with Crippen LogP contribution in [0.3, 0.4) is 0 Å². The lowest BCUT2D eigenvalue weighted by atomic mass is 10.1. The number of aromatic carboxylic acids is 1. The van der Waals surface area contributed by atoms with Gasteiger partial charge in [0.25, 0.3) is 0 Å². The predicted molar refractivity (Wildman–Crippen MR) is 77.0 cm³/mol. The SMILES string of the molecule is Nc1cc(Cl)c(NCCNC(=O)C2CC2)c(C(=O)O)c1. The molecule has 1 amide bonds. The first-order chi connectivity index (χ1) is 9.49. The largest absolute Gasteiger partial charge is 0.478 e. The fourth-order valence-electron chi connectivity index (χ4n) is 1.84. The van der Waals surface area contributed by atoms with Gasteiger partial charge in [0.2, 0.25) is 5.91 Å². The zero-order chi connectivity index (χ0) is 14.7. The first-order valence-electron chi connectivity index (χ1n) is 6.33. The summed E-state index contributed by atoms with van der Waals surface area (Å²) >= 11 is 5.99. The maximum absolute atomic E-state index is 11.4. The summed E-state index contributed by atoms with van der Waals surface area (Å²) in [5, 5.41) is 15.1. The smallest absolute Gasteiger partial charge is 0.337 e. The van der Waals surface area contributed by atoms with Gasteiger partial charge < -0.3 is 21.5 Å². The van der Waals surface area contributed by atoms with Crippen molar-refractivity contribution in [3.05, 3.63) is 22.7 Å². The number of anilines is 2. The van der Waals surface area contributed by atoms with E-state index in [0.29, 0.717) is 24.5 Å². The van der Waals surface area contributed by atoms with E-state index in [9.17, 15) is 9.59 Å². The Morgan fingerprint density at radius 3 is 2.65 bits per heavy atom. The summed E-state index contributed by atoms with van der Waals surface area (Å²) in [5.74, 6) is -0.901. The van der Waals surface area contributed by atoms with Crippen LogP contribution >= 0.6 is 11.6 Å². The molecule has 108 valence electrons. The molecule has 0 bridgehead atoms. The molecular formula is C13H16ClN3O3. The van der Waals surface area contributed by atoms with Gasteiger partial charge in [-0.25, -0.2) is 4.79 Å². The number of nitrogens with two attached hydrogens (primary N) is 1. The monoisotopic (exact) mass is 297 g/mol. The molecule has 6 nitrogen and oxygen atoms in total. The van der Waals surface area contributed by atoms with E-state index in [1.807, 2.05) is 0 Å². The molecule has 1 aromatic rings. The van der Waals surface area contributed by atoms with Crippen molar-refractivity contribution >= 4 is 34.9 Å². The maximum atomic E-state index is 11.4. The van der Waals surface area contributed by atoms with Gasteiger partial charge in [0.15, 0.2) is 0 Å². The number of carboxylic acids is 1. The fourth-order valence-corrected chi connectivity index (χ4v) is 2.13. The summed E-state index contributed by atoms with van der Waals surface area (Å²) < 4.78 is 0. The minimum Gasteiger partial charge on any atom is -0.478 e. The van der Waals surface area contributed by atoms with Crippen LogP contribution in [0.2, 0.25) is 5.02 Å². The number of hydrogen-bond acceptors (Lipinski definition) is 4. The minimum absolute atomic E-state index is 0.0171. The third kappa shape index (κ3) is 3.54. The quantitative estimate of drug-likeness (QED) is 0.471. The van der Waals surface area contributed by atoms with Gasteiger partial charge in [-0.2, -0.15) is 0 Å². The second-order valence-corrected chi connectivity index (χ2v) is 5.13. The molecule has 0 spiro atoms. The van der Waals surface area contributed by atoms with Crippen molar-refractivity contribution < 1.29 is 14.7 Å². The van der Waals surface area contributed by atoms with Crippen LogP contribution in [0.5, 0.6) is 0 Å². The molecule has 7 heteroatoms. The van der Waals surface area contributed by atoms with Gasteiger partial charge in [-0.15, -0.1) is 0 Å². The Kier molecular flexibility index (Phi) is 4.34. The van der Waals surface area contributed by atoms with Gasteiger partial charge in [-0.05, 0) is 25.0 Å². The number of carbonyl (C=O) groups excluding carboxylic acids is 1. The van der Waals surface area contributed by atoms with E-state index in [2.05, 4.69) is 10.6 Å². The second-order valence-electron chi connectivity index (χ2n) is 4.72. The van der Waals surface area contributed by atoms with Gasteiger partial charge in [0.05, 0.1) is 16.3 Å². The number of carboxylic acid groups (broad SMARTS) is 1. The van der Waals surface area contributed by atoms with Gasteiger partial charge in [0.1, 0.15) is 0 Å². The second kappa shape index (κ2) is 6.00. The summed E-state index contributed by atoms with van der Waals surface area (Å²) in [6.45, 7) is 0.803. The van der Waals surface area contributed by atoms with E-state index >= 15 is 0 Å². The zero-order valence-electron chi connectivity index (χ0n) is 10.8. The molecule has 1 saturated carbocycles. The average molecular weight is 298 g/mol. The first-order valence-corrected chi connectivity index (χ1v) is 6.70. The number of rotatable bonds is 6. The normalized spacial score (nSPS) is 13.8. The van der Waals surface area contributed by atoms with Crippen LogP contribution in [0, 0.1) is 5.92 Å². The van der Waals surface area contributed by atoms with Crippen molar-refractivity contribution in [2.24, 2.45) is 5.92 Å². The number of nitrogens with one attached hydrogen (secondary N) is 2. The maximum Gasteiger partial charge on any atom is 0.337 e. The van der Waals surface area contributed by atoms with Gasteiger partial charge in [0, 0.05) is 24.7 Å². The van der Waals surface area contributed by atoms with Gasteiger partial charge >= 0.3 is 5.97 Å². The van der Waals surface area contributed by atoms with E-state index < -0.39 is 5.97 Å². The zero-order valence-corrected chi connectivity index (χ0v) is 11.5. The number of halogens is 1. The van der Waals surface area contributed by atoms with Gasteiger partial charge in [-0.1, -0.05) is 11.6 Å². The lowest BCUT2D eigenvalue weighted by Gasteiger charge is -2.13. The fraction of sp³-hybridized carbons (Fsp3) is 0.385. The Balaban J connectivity index is 1.94. The Morgan fingerprint density at radius 1 is 1.35 bits per heavy atom. The molecule has 1 aliphatic rings. The molecule has 0 aliphatic heterocycles. The molecule has 0 aromatic heterocycles. The van der Waals surface area contributed by atoms with Crippen molar-refractivity contribution in [1.82, 2.24) is 5.32 Å². The standard InChI is InChI=1S/C13H16ClN3O3/c14-10-6-8(15)5-9(13(19)20)11(10)16-3-4-17-12(18)7-1-2-7/h5-7,16H,1-4,15H2,(H,17,18)(H,19,20). The molecule has 0 radical (unpaired) electrons. The van der Waals surface area contributed by atoms with Crippen LogP contribution in [0.4, 0.5) is 11.4 Å². The van der Waals surface area contributed by atoms with Crippen LogP contribution in [-0.2, 0) is 4.79 Å². The van der Waals surface area contributed by atoms with E-state index in [1.54, 1.807) is 0 Å². The number of hydrogen-bond donors (Lipinski definition) is 4. The highest BCUT2D eigenvalue weighted by atomic mass is 35.5. The molecule has 1 aromatic carbocycles. The lowest BCUT2D eigenvalue weighted by molar-refractivity contribution is -0.122. The topological polar surface area (TPSA) is 104 Å². The molecule has 0 atom stereocenters. The van der Waals surface area contributed by atoms with E-state index in [0.717, 1.165) is 12.8 Å². The van der Waals surface area contributed by atoms with Crippen LogP contribution in [0.25, 0.3) is 0 Å². The number of amides is 1. The average Bonchev–Trinajstić information content (AvgIpc) is 3.19. The van der Waals surface area contributed by atoms with Crippen molar-refractivity contribution in [3.63, 3.8) is 0 Å². The van der Waals surface area contributed by atoms with Crippen molar-refractivity contribution in [2.45, 2.75) is 12.8 Å². The highest BCUT2D eigenvalue weighted by Gasteiger charge is 2.29. The van der Waals surface area contributed by atoms with E-state index in [1.165, 1.54) is 12.1 Å². The molecule has 2 rings (SSSR count). The lowest BCUT2D eigenvalue weighted by Crippen LogP contribution is -2.30. The van der Waals surface area contributed by atoms with Crippen molar-refractivity contribution in [1.29, 1.82) is 0 Å². The third-order valence-electron chi connectivity index (χ3n) is 3.02. The summed E-state index contributed by atoms with van der Waals surface area (Å²) in [7, 11) is 0. The van der Waals surface area contributed by atoms with Gasteiger partial charge in [-0.3, -0.25) is 4.79 Å². The molecule has 0 unspecified atom stereocenters.